The molecule has 0 unspecified atom stereocenters. The van der Waals surface area contributed by atoms with Crippen molar-refractivity contribution in [1.82, 2.24) is 0 Å². The molecule has 0 saturated carbocycles. The molecule has 10 heavy (non-hydrogen) atoms. The van der Waals surface area contributed by atoms with Gasteiger partial charge in [0.25, 0.3) is 0 Å². The molecular formula is C6H12O4. The van der Waals surface area contributed by atoms with Crippen molar-refractivity contribution < 1.29 is 19.3 Å². The minimum Gasteiger partial charge on any atom is -0.391 e. The Labute approximate surface area is 59.7 Å². The van der Waals surface area contributed by atoms with E-state index in [4.69, 9.17) is 19.3 Å². The maximum atomic E-state index is 8.82. The van der Waals surface area contributed by atoms with Crippen LogP contribution in [0.1, 0.15) is 0 Å². The molecule has 0 aliphatic carbocycles. The second-order valence-electron chi connectivity index (χ2n) is 2.20. The van der Waals surface area contributed by atoms with E-state index in [-0.39, 0.29) is 13.2 Å². The van der Waals surface area contributed by atoms with Crippen LogP contribution in [0, 0.1) is 0 Å². The molecule has 0 aromatic heterocycles. The van der Waals surface area contributed by atoms with Gasteiger partial charge in [-0.25, -0.2) is 0 Å². The molecule has 0 atom stereocenters. The number of rotatable bonds is 3. The molecule has 4 nitrogen and oxygen atoms in total. The normalized spacial score (nSPS) is 23.4. The van der Waals surface area contributed by atoms with E-state index in [0.29, 0.717) is 13.2 Å². The van der Waals surface area contributed by atoms with Gasteiger partial charge in [0.05, 0.1) is 19.8 Å². The van der Waals surface area contributed by atoms with E-state index >= 15 is 0 Å². The van der Waals surface area contributed by atoms with E-state index in [1.54, 1.807) is 7.11 Å². The molecule has 4 heteroatoms. The highest BCUT2D eigenvalue weighted by Gasteiger charge is 2.35. The van der Waals surface area contributed by atoms with Crippen molar-refractivity contribution in [1.29, 1.82) is 0 Å². The number of hydrogen-bond donors (Lipinski definition) is 1. The zero-order valence-corrected chi connectivity index (χ0v) is 6.00. The van der Waals surface area contributed by atoms with Crippen molar-refractivity contribution in [3.8, 4) is 0 Å². The summed E-state index contributed by atoms with van der Waals surface area (Å²) in [4.78, 5) is 0. The van der Waals surface area contributed by atoms with Gasteiger partial charge in [-0.15, -0.1) is 0 Å². The van der Waals surface area contributed by atoms with Crippen LogP contribution in [0.4, 0.5) is 0 Å². The van der Waals surface area contributed by atoms with Gasteiger partial charge in [0.15, 0.2) is 0 Å². The highest BCUT2D eigenvalue weighted by Crippen LogP contribution is 2.18. The van der Waals surface area contributed by atoms with Crippen LogP contribution in [0.15, 0.2) is 0 Å². The minimum atomic E-state index is -0.880. The van der Waals surface area contributed by atoms with Gasteiger partial charge in [-0.2, -0.15) is 0 Å². The molecule has 1 aliphatic rings. The molecular weight excluding hydrogens is 136 g/mol. The maximum absolute atomic E-state index is 8.82. The SMILES string of the molecule is COCC1(CO)OCCO1. The van der Waals surface area contributed by atoms with Crippen molar-refractivity contribution in [2.75, 3.05) is 33.5 Å². The van der Waals surface area contributed by atoms with Crippen LogP contribution in [0.2, 0.25) is 0 Å². The lowest BCUT2D eigenvalue weighted by atomic mass is 10.3. The average Bonchev–Trinajstić information content (AvgIpc) is 2.39. The number of aliphatic hydroxyl groups is 1. The average molecular weight is 148 g/mol. The van der Waals surface area contributed by atoms with Crippen LogP contribution < -0.4 is 0 Å². The van der Waals surface area contributed by atoms with Crippen molar-refractivity contribution in [3.05, 3.63) is 0 Å². The van der Waals surface area contributed by atoms with Crippen molar-refractivity contribution in [2.24, 2.45) is 0 Å². The van der Waals surface area contributed by atoms with Crippen LogP contribution in [0.3, 0.4) is 0 Å². The van der Waals surface area contributed by atoms with E-state index in [0.717, 1.165) is 0 Å². The molecule has 0 radical (unpaired) electrons. The third-order valence-electron chi connectivity index (χ3n) is 1.42. The molecule has 0 aromatic rings. The van der Waals surface area contributed by atoms with Gasteiger partial charge < -0.3 is 19.3 Å². The largest absolute Gasteiger partial charge is 0.391 e. The topological polar surface area (TPSA) is 47.9 Å². The first-order valence-corrected chi connectivity index (χ1v) is 3.21. The van der Waals surface area contributed by atoms with Crippen molar-refractivity contribution >= 4 is 0 Å². The molecule has 1 heterocycles. The minimum absolute atomic E-state index is 0.152. The van der Waals surface area contributed by atoms with Crippen LogP contribution in [0.5, 0.6) is 0 Å². The van der Waals surface area contributed by atoms with Crippen LogP contribution >= 0.6 is 0 Å². The highest BCUT2D eigenvalue weighted by atomic mass is 16.8. The van der Waals surface area contributed by atoms with Crippen molar-refractivity contribution in [3.63, 3.8) is 0 Å². The number of ether oxygens (including phenoxy) is 3. The fourth-order valence-corrected chi connectivity index (χ4v) is 0.937. The van der Waals surface area contributed by atoms with E-state index in [2.05, 4.69) is 0 Å². The monoisotopic (exact) mass is 148 g/mol. The Balaban J connectivity index is 2.41. The summed E-state index contributed by atoms with van der Waals surface area (Å²) in [5.41, 5.74) is 0. The van der Waals surface area contributed by atoms with E-state index < -0.39 is 5.79 Å². The first-order valence-electron chi connectivity index (χ1n) is 3.21. The number of methoxy groups -OCH3 is 1. The molecule has 0 bridgehead atoms. The zero-order valence-electron chi connectivity index (χ0n) is 6.00. The number of hydrogen-bond acceptors (Lipinski definition) is 4. The van der Waals surface area contributed by atoms with Crippen LogP contribution in [0.25, 0.3) is 0 Å². The fourth-order valence-electron chi connectivity index (χ4n) is 0.937. The third kappa shape index (κ3) is 1.46. The van der Waals surface area contributed by atoms with E-state index in [1.165, 1.54) is 0 Å². The lowest BCUT2D eigenvalue weighted by Gasteiger charge is -2.23. The summed E-state index contributed by atoms with van der Waals surface area (Å²) in [5, 5.41) is 8.82. The third-order valence-corrected chi connectivity index (χ3v) is 1.42. The molecule has 1 rings (SSSR count). The van der Waals surface area contributed by atoms with Crippen molar-refractivity contribution in [2.45, 2.75) is 5.79 Å². The summed E-state index contributed by atoms with van der Waals surface area (Å²) in [6.45, 7) is 1.19. The van der Waals surface area contributed by atoms with Gasteiger partial charge in [0.1, 0.15) is 6.61 Å². The van der Waals surface area contributed by atoms with Gasteiger partial charge in [-0.05, 0) is 0 Å². The quantitative estimate of drug-likeness (QED) is 0.578. The molecule has 1 saturated heterocycles. The standard InChI is InChI=1S/C6H12O4/c1-8-5-6(4-7)9-2-3-10-6/h7H,2-5H2,1H3. The predicted molar refractivity (Wildman–Crippen MR) is 33.6 cm³/mol. The molecule has 0 aromatic carbocycles. The Kier molecular flexibility index (Phi) is 2.62. The van der Waals surface area contributed by atoms with E-state index in [9.17, 15) is 0 Å². The first kappa shape index (κ1) is 7.94. The summed E-state index contributed by atoms with van der Waals surface area (Å²) >= 11 is 0. The molecule has 60 valence electrons. The van der Waals surface area contributed by atoms with Gasteiger partial charge in [0.2, 0.25) is 5.79 Å². The Morgan fingerprint density at radius 1 is 1.50 bits per heavy atom. The molecule has 1 N–H and O–H groups in total. The van der Waals surface area contributed by atoms with Gasteiger partial charge in [0, 0.05) is 7.11 Å². The lowest BCUT2D eigenvalue weighted by Crippen LogP contribution is -2.39. The second kappa shape index (κ2) is 3.30. The first-order chi connectivity index (χ1) is 4.83. The Morgan fingerprint density at radius 2 is 2.10 bits per heavy atom. The Hall–Kier alpha value is -0.160. The summed E-state index contributed by atoms with van der Waals surface area (Å²) in [6.07, 6.45) is 0. The van der Waals surface area contributed by atoms with Gasteiger partial charge >= 0.3 is 0 Å². The van der Waals surface area contributed by atoms with Crippen LogP contribution in [-0.4, -0.2) is 44.4 Å². The Bertz CT molecular complexity index is 97.9. The molecule has 1 fully saturated rings. The van der Waals surface area contributed by atoms with E-state index in [1.807, 2.05) is 0 Å². The summed E-state index contributed by atoms with van der Waals surface area (Å²) < 4.78 is 15.1. The Morgan fingerprint density at radius 3 is 2.50 bits per heavy atom. The summed E-state index contributed by atoms with van der Waals surface area (Å²) in [7, 11) is 1.54. The fraction of sp³-hybridized carbons (Fsp3) is 1.00. The molecule has 0 amide bonds. The van der Waals surface area contributed by atoms with Crippen LogP contribution in [-0.2, 0) is 14.2 Å². The number of aliphatic hydroxyl groups excluding tert-OH is 1. The van der Waals surface area contributed by atoms with Gasteiger partial charge in [-0.1, -0.05) is 0 Å². The lowest BCUT2D eigenvalue weighted by molar-refractivity contribution is -0.209. The molecule has 1 aliphatic heterocycles. The molecule has 0 spiro atoms. The zero-order chi connectivity index (χ0) is 7.45. The second-order valence-corrected chi connectivity index (χ2v) is 2.20. The smallest absolute Gasteiger partial charge is 0.215 e. The predicted octanol–water partition coefficient (Wildman–Crippen LogP) is -0.632. The highest BCUT2D eigenvalue weighted by molar-refractivity contribution is 4.71. The summed E-state index contributed by atoms with van der Waals surface area (Å²) in [5.74, 6) is -0.880. The maximum Gasteiger partial charge on any atom is 0.215 e. The summed E-state index contributed by atoms with van der Waals surface area (Å²) in [6, 6.07) is 0. The van der Waals surface area contributed by atoms with Gasteiger partial charge in [-0.3, -0.25) is 0 Å².